The molecule has 1 aliphatic rings. The van der Waals surface area contributed by atoms with Crippen LogP contribution in [0.2, 0.25) is 5.15 Å². The monoisotopic (exact) mass is 376 g/mol. The van der Waals surface area contributed by atoms with E-state index in [4.69, 9.17) is 11.6 Å². The van der Waals surface area contributed by atoms with E-state index in [9.17, 15) is 14.9 Å². The minimum absolute atomic E-state index is 0.0356. The highest BCUT2D eigenvalue weighted by molar-refractivity contribution is 6.32. The number of amides is 1. The molecule has 2 aromatic rings. The van der Waals surface area contributed by atoms with Crippen LogP contribution in [-0.4, -0.2) is 58.9 Å². The average molecular weight is 377 g/mol. The summed E-state index contributed by atoms with van der Waals surface area (Å²) < 4.78 is 0. The van der Waals surface area contributed by atoms with E-state index in [-0.39, 0.29) is 11.6 Å². The number of hydrogen-bond acceptors (Lipinski definition) is 7. The van der Waals surface area contributed by atoms with Gasteiger partial charge in [-0.15, -0.1) is 0 Å². The molecule has 1 amide bonds. The highest BCUT2D eigenvalue weighted by atomic mass is 35.5. The first-order valence-electron chi connectivity index (χ1n) is 7.98. The van der Waals surface area contributed by atoms with Gasteiger partial charge in [-0.2, -0.15) is 0 Å². The predicted octanol–water partition coefficient (Wildman–Crippen LogP) is 2.04. The number of aromatic nitrogens is 2. The number of anilines is 2. The number of nitrogens with zero attached hydrogens (tertiary/aromatic N) is 5. The molecule has 136 valence electrons. The molecule has 0 unspecified atom stereocenters. The summed E-state index contributed by atoms with van der Waals surface area (Å²) in [4.78, 5) is 34.8. The maximum absolute atomic E-state index is 12.6. The van der Waals surface area contributed by atoms with Crippen LogP contribution in [0.4, 0.5) is 17.2 Å². The Morgan fingerprint density at radius 2 is 1.85 bits per heavy atom. The number of nitrogens with one attached hydrogen (secondary N) is 1. The molecule has 1 aromatic carbocycles. The second-order valence-corrected chi connectivity index (χ2v) is 6.05. The van der Waals surface area contributed by atoms with Crippen LogP contribution in [-0.2, 0) is 0 Å². The van der Waals surface area contributed by atoms with Crippen molar-refractivity contribution in [2.45, 2.75) is 0 Å². The van der Waals surface area contributed by atoms with E-state index in [1.807, 2.05) is 4.90 Å². The molecule has 0 radical (unpaired) electrons. The highest BCUT2D eigenvalue weighted by Gasteiger charge is 2.25. The second kappa shape index (κ2) is 7.52. The molecule has 1 aromatic heterocycles. The molecule has 0 aliphatic carbocycles. The number of carbonyl (C=O) groups excluding carboxylic acids is 1. The highest BCUT2D eigenvalue weighted by Crippen LogP contribution is 2.29. The third-order valence-electron chi connectivity index (χ3n) is 4.22. The average Bonchev–Trinajstić information content (AvgIpc) is 2.67. The molecule has 1 saturated heterocycles. The summed E-state index contributed by atoms with van der Waals surface area (Å²) in [5, 5.41) is 14.1. The van der Waals surface area contributed by atoms with Crippen LogP contribution in [0.25, 0.3) is 0 Å². The van der Waals surface area contributed by atoms with Crippen LogP contribution in [0, 0.1) is 10.1 Å². The van der Waals surface area contributed by atoms with Crippen molar-refractivity contribution in [2.24, 2.45) is 0 Å². The van der Waals surface area contributed by atoms with Crippen molar-refractivity contribution in [1.29, 1.82) is 0 Å². The van der Waals surface area contributed by atoms with Crippen molar-refractivity contribution >= 4 is 34.7 Å². The molecule has 2 heterocycles. The Kier molecular flexibility index (Phi) is 5.17. The smallest absolute Gasteiger partial charge is 0.269 e. The third-order valence-corrected chi connectivity index (χ3v) is 4.51. The maximum atomic E-state index is 12.6. The van der Waals surface area contributed by atoms with Gasteiger partial charge < -0.3 is 15.1 Å². The van der Waals surface area contributed by atoms with Gasteiger partial charge in [0.25, 0.3) is 11.6 Å². The van der Waals surface area contributed by atoms with Crippen LogP contribution in [0.3, 0.4) is 0 Å². The molecule has 10 heteroatoms. The molecule has 0 spiro atoms. The fraction of sp³-hybridized carbons (Fsp3) is 0.312. The van der Waals surface area contributed by atoms with Crippen molar-refractivity contribution in [2.75, 3.05) is 43.4 Å². The third kappa shape index (κ3) is 3.52. The Morgan fingerprint density at radius 1 is 1.19 bits per heavy atom. The van der Waals surface area contributed by atoms with E-state index < -0.39 is 4.92 Å². The van der Waals surface area contributed by atoms with E-state index >= 15 is 0 Å². The second-order valence-electron chi connectivity index (χ2n) is 5.70. The van der Waals surface area contributed by atoms with Crippen LogP contribution >= 0.6 is 11.6 Å². The summed E-state index contributed by atoms with van der Waals surface area (Å²) in [6.45, 7) is 2.22. The summed E-state index contributed by atoms with van der Waals surface area (Å²) in [5.41, 5.74) is 1.06. The van der Waals surface area contributed by atoms with Gasteiger partial charge >= 0.3 is 0 Å². The lowest BCUT2D eigenvalue weighted by molar-refractivity contribution is -0.384. The quantitative estimate of drug-likeness (QED) is 0.494. The van der Waals surface area contributed by atoms with Gasteiger partial charge in [-0.05, 0) is 12.1 Å². The molecular weight excluding hydrogens is 360 g/mol. The van der Waals surface area contributed by atoms with Crippen molar-refractivity contribution in [3.05, 3.63) is 51.4 Å². The number of halogens is 1. The summed E-state index contributed by atoms with van der Waals surface area (Å²) in [6.07, 6.45) is 1.41. The normalized spacial score (nSPS) is 14.2. The Morgan fingerprint density at radius 3 is 2.42 bits per heavy atom. The van der Waals surface area contributed by atoms with Crippen molar-refractivity contribution in [1.82, 2.24) is 14.9 Å². The number of rotatable bonds is 4. The molecule has 9 nitrogen and oxygen atoms in total. The number of carbonyl (C=O) groups is 1. The number of benzene rings is 1. The van der Waals surface area contributed by atoms with Gasteiger partial charge in [-0.3, -0.25) is 14.9 Å². The minimum Gasteiger partial charge on any atom is -0.383 e. The lowest BCUT2D eigenvalue weighted by Gasteiger charge is -2.36. The van der Waals surface area contributed by atoms with E-state index in [0.29, 0.717) is 48.4 Å². The van der Waals surface area contributed by atoms with Gasteiger partial charge in [-0.25, -0.2) is 9.97 Å². The Labute approximate surface area is 154 Å². The molecule has 26 heavy (non-hydrogen) atoms. The van der Waals surface area contributed by atoms with Crippen LogP contribution < -0.4 is 10.2 Å². The van der Waals surface area contributed by atoms with Crippen LogP contribution in [0.15, 0.2) is 30.6 Å². The van der Waals surface area contributed by atoms with Crippen LogP contribution in [0.5, 0.6) is 0 Å². The Balaban J connectivity index is 1.67. The summed E-state index contributed by atoms with van der Waals surface area (Å²) in [7, 11) is 1.75. The molecule has 3 rings (SSSR count). The molecule has 0 atom stereocenters. The van der Waals surface area contributed by atoms with E-state index in [2.05, 4.69) is 15.3 Å². The molecule has 1 aliphatic heterocycles. The lowest BCUT2D eigenvalue weighted by Crippen LogP contribution is -2.49. The largest absolute Gasteiger partial charge is 0.383 e. The van der Waals surface area contributed by atoms with Crippen molar-refractivity contribution in [3.8, 4) is 0 Å². The number of piperazine rings is 1. The summed E-state index contributed by atoms with van der Waals surface area (Å²) in [6, 6.07) is 5.64. The van der Waals surface area contributed by atoms with E-state index in [1.165, 1.54) is 30.6 Å². The number of nitro benzene ring substituents is 1. The Hall–Kier alpha value is -2.94. The maximum Gasteiger partial charge on any atom is 0.269 e. The van der Waals surface area contributed by atoms with Gasteiger partial charge in [0.1, 0.15) is 12.0 Å². The minimum atomic E-state index is -0.487. The van der Waals surface area contributed by atoms with Gasteiger partial charge in [0.15, 0.2) is 11.0 Å². The van der Waals surface area contributed by atoms with Gasteiger partial charge in [0.2, 0.25) is 0 Å². The summed E-state index contributed by atoms with van der Waals surface area (Å²) in [5.74, 6) is 0.559. The van der Waals surface area contributed by atoms with Gasteiger partial charge in [-0.1, -0.05) is 11.6 Å². The first-order chi connectivity index (χ1) is 12.5. The number of hydrogen-bond donors (Lipinski definition) is 1. The number of nitro groups is 1. The zero-order valence-electron chi connectivity index (χ0n) is 14.1. The zero-order valence-corrected chi connectivity index (χ0v) is 14.8. The van der Waals surface area contributed by atoms with E-state index in [1.54, 1.807) is 11.9 Å². The lowest BCUT2D eigenvalue weighted by atomic mass is 10.1. The number of non-ortho nitro benzene ring substituents is 1. The first kappa shape index (κ1) is 17.9. The summed E-state index contributed by atoms with van der Waals surface area (Å²) >= 11 is 6.09. The Bertz CT molecular complexity index is 821. The fourth-order valence-corrected chi connectivity index (χ4v) is 3.06. The predicted molar refractivity (Wildman–Crippen MR) is 97.8 cm³/mol. The molecular formula is C16H17ClN6O3. The van der Waals surface area contributed by atoms with Crippen LogP contribution in [0.1, 0.15) is 10.4 Å². The first-order valence-corrected chi connectivity index (χ1v) is 8.36. The molecule has 1 fully saturated rings. The van der Waals surface area contributed by atoms with E-state index in [0.717, 1.165) is 0 Å². The fourth-order valence-electron chi connectivity index (χ4n) is 2.84. The topological polar surface area (TPSA) is 104 Å². The standard InChI is InChI=1S/C16H17ClN6O3/c1-18-13-14(17)19-10-20-15(13)21-6-8-22(9-7-21)16(24)11-2-4-12(5-3-11)23(25)26/h2-5,10,18H,6-9H2,1H3. The molecule has 1 N–H and O–H groups in total. The van der Waals surface area contributed by atoms with Gasteiger partial charge in [0, 0.05) is 50.9 Å². The zero-order chi connectivity index (χ0) is 18.7. The molecule has 0 saturated carbocycles. The van der Waals surface area contributed by atoms with Crippen molar-refractivity contribution in [3.63, 3.8) is 0 Å². The van der Waals surface area contributed by atoms with Crippen molar-refractivity contribution < 1.29 is 9.72 Å². The SMILES string of the molecule is CNc1c(Cl)ncnc1N1CCN(C(=O)c2ccc([N+](=O)[O-])cc2)CC1. The van der Waals surface area contributed by atoms with Gasteiger partial charge in [0.05, 0.1) is 4.92 Å². The molecule has 0 bridgehead atoms.